The molecule has 0 saturated heterocycles. The summed E-state index contributed by atoms with van der Waals surface area (Å²) in [6, 6.07) is 8.86. The lowest BCUT2D eigenvalue weighted by Crippen LogP contribution is -2.41. The monoisotopic (exact) mass is 315 g/mol. The van der Waals surface area contributed by atoms with Gasteiger partial charge in [-0.2, -0.15) is 5.26 Å². The standard InChI is InChI=1S/C14H12N4O3S/c15-7-9-1-3-10(4-2-9)12-11(18-8-22-12)13(19)16-5-6-17-14(20)21/h1-4,8,17H,5-6H2,(H,16,19)(H,20,21)/p-1. The van der Waals surface area contributed by atoms with Gasteiger partial charge in [0.05, 0.1) is 22.0 Å². The summed E-state index contributed by atoms with van der Waals surface area (Å²) in [6.07, 6.45) is -1.39. The number of thiazole rings is 1. The second-order valence-corrected chi connectivity index (χ2v) is 5.04. The summed E-state index contributed by atoms with van der Waals surface area (Å²) in [7, 11) is 0. The van der Waals surface area contributed by atoms with Gasteiger partial charge in [-0.15, -0.1) is 11.3 Å². The van der Waals surface area contributed by atoms with Crippen molar-refractivity contribution >= 4 is 23.3 Å². The van der Waals surface area contributed by atoms with Crippen LogP contribution in [-0.4, -0.2) is 30.1 Å². The summed E-state index contributed by atoms with van der Waals surface area (Å²) in [5.41, 5.74) is 3.15. The molecule has 1 aromatic heterocycles. The Bertz CT molecular complexity index is 718. The number of carbonyl (C=O) groups is 2. The molecule has 2 N–H and O–H groups in total. The third-order valence-electron chi connectivity index (χ3n) is 2.74. The maximum Gasteiger partial charge on any atom is 0.271 e. The summed E-state index contributed by atoms with van der Waals surface area (Å²) in [6.45, 7) is 0.196. The minimum atomic E-state index is -1.39. The van der Waals surface area contributed by atoms with Crippen molar-refractivity contribution in [1.29, 1.82) is 5.26 Å². The van der Waals surface area contributed by atoms with E-state index in [2.05, 4.69) is 10.3 Å². The van der Waals surface area contributed by atoms with Crippen molar-refractivity contribution in [2.24, 2.45) is 0 Å². The normalized spacial score (nSPS) is 9.77. The molecule has 0 spiro atoms. The second kappa shape index (κ2) is 7.19. The number of carbonyl (C=O) groups excluding carboxylic acids is 2. The number of rotatable bonds is 5. The molecule has 0 aliphatic heterocycles. The van der Waals surface area contributed by atoms with E-state index in [9.17, 15) is 14.7 Å². The topological polar surface area (TPSA) is 118 Å². The fraction of sp³-hybridized carbons (Fsp3) is 0.143. The highest BCUT2D eigenvalue weighted by molar-refractivity contribution is 7.13. The molecule has 112 valence electrons. The number of nitrogens with zero attached hydrogens (tertiary/aromatic N) is 2. The number of hydrogen-bond donors (Lipinski definition) is 2. The van der Waals surface area contributed by atoms with Crippen molar-refractivity contribution in [1.82, 2.24) is 15.6 Å². The fourth-order valence-corrected chi connectivity index (χ4v) is 2.53. The third-order valence-corrected chi connectivity index (χ3v) is 3.61. The molecule has 2 aromatic rings. The zero-order valence-corrected chi connectivity index (χ0v) is 12.1. The average Bonchev–Trinajstić information content (AvgIpc) is 3.01. The van der Waals surface area contributed by atoms with Crippen molar-refractivity contribution in [2.75, 3.05) is 13.1 Å². The number of benzene rings is 1. The van der Waals surface area contributed by atoms with Crippen LogP contribution in [0.4, 0.5) is 4.79 Å². The molecule has 1 heterocycles. The summed E-state index contributed by atoms with van der Waals surface area (Å²) in [4.78, 5) is 27.0. The predicted octanol–water partition coefficient (Wildman–Crippen LogP) is 0.344. The number of amides is 2. The lowest BCUT2D eigenvalue weighted by atomic mass is 10.1. The predicted molar refractivity (Wildman–Crippen MR) is 78.0 cm³/mol. The van der Waals surface area contributed by atoms with Crippen molar-refractivity contribution in [3.63, 3.8) is 0 Å². The van der Waals surface area contributed by atoms with Gasteiger partial charge in [-0.3, -0.25) is 4.79 Å². The minimum Gasteiger partial charge on any atom is -0.530 e. The lowest BCUT2D eigenvalue weighted by molar-refractivity contribution is -0.250. The van der Waals surface area contributed by atoms with E-state index in [1.54, 1.807) is 29.8 Å². The number of nitrogens with one attached hydrogen (secondary N) is 2. The van der Waals surface area contributed by atoms with Crippen LogP contribution in [0.15, 0.2) is 29.8 Å². The zero-order valence-electron chi connectivity index (χ0n) is 11.3. The van der Waals surface area contributed by atoms with Gasteiger partial charge in [0, 0.05) is 13.1 Å². The molecule has 22 heavy (non-hydrogen) atoms. The molecular weight excluding hydrogens is 304 g/mol. The molecule has 2 rings (SSSR count). The van der Waals surface area contributed by atoms with Crippen LogP contribution in [0.1, 0.15) is 16.1 Å². The molecule has 2 amide bonds. The van der Waals surface area contributed by atoms with E-state index in [4.69, 9.17) is 5.26 Å². The van der Waals surface area contributed by atoms with Gasteiger partial charge in [-0.25, -0.2) is 4.98 Å². The number of aromatic nitrogens is 1. The van der Waals surface area contributed by atoms with Gasteiger partial charge in [-0.1, -0.05) is 12.1 Å². The SMILES string of the molecule is N#Cc1ccc(-c2scnc2C(=O)NCCNC(=O)[O-])cc1. The Kier molecular flexibility index (Phi) is 5.06. The first-order valence-corrected chi connectivity index (χ1v) is 7.17. The van der Waals surface area contributed by atoms with Gasteiger partial charge in [-0.05, 0) is 17.7 Å². The van der Waals surface area contributed by atoms with Crippen LogP contribution in [0.2, 0.25) is 0 Å². The van der Waals surface area contributed by atoms with E-state index >= 15 is 0 Å². The first-order chi connectivity index (χ1) is 10.6. The van der Waals surface area contributed by atoms with E-state index in [1.807, 2.05) is 11.4 Å². The average molecular weight is 315 g/mol. The maximum absolute atomic E-state index is 12.1. The first-order valence-electron chi connectivity index (χ1n) is 6.29. The smallest absolute Gasteiger partial charge is 0.271 e. The summed E-state index contributed by atoms with van der Waals surface area (Å²) in [5.74, 6) is -0.388. The van der Waals surface area contributed by atoms with E-state index in [-0.39, 0.29) is 24.7 Å². The molecule has 0 aliphatic carbocycles. The van der Waals surface area contributed by atoms with Crippen LogP contribution < -0.4 is 15.7 Å². The second-order valence-electron chi connectivity index (χ2n) is 4.19. The molecular formula is C14H11N4O3S-. The van der Waals surface area contributed by atoms with Crippen molar-refractivity contribution in [3.05, 3.63) is 41.0 Å². The lowest BCUT2D eigenvalue weighted by Gasteiger charge is -2.08. The molecule has 0 saturated carbocycles. The highest BCUT2D eigenvalue weighted by Crippen LogP contribution is 2.27. The maximum atomic E-state index is 12.1. The number of hydrogen-bond acceptors (Lipinski definition) is 6. The van der Waals surface area contributed by atoms with Crippen LogP contribution in [0.5, 0.6) is 0 Å². The number of carboxylic acid groups (broad SMARTS) is 1. The van der Waals surface area contributed by atoms with E-state index in [1.165, 1.54) is 11.3 Å². The van der Waals surface area contributed by atoms with Crippen LogP contribution in [0.25, 0.3) is 10.4 Å². The van der Waals surface area contributed by atoms with Gasteiger partial charge in [0.25, 0.3) is 5.91 Å². The van der Waals surface area contributed by atoms with Crippen LogP contribution in [0, 0.1) is 11.3 Å². The van der Waals surface area contributed by atoms with Crippen LogP contribution in [0.3, 0.4) is 0 Å². The van der Waals surface area contributed by atoms with E-state index < -0.39 is 6.09 Å². The van der Waals surface area contributed by atoms with Crippen LogP contribution >= 0.6 is 11.3 Å². The van der Waals surface area contributed by atoms with E-state index in [0.717, 1.165) is 5.56 Å². The molecule has 1 aromatic carbocycles. The highest BCUT2D eigenvalue weighted by atomic mass is 32.1. The van der Waals surface area contributed by atoms with Gasteiger partial charge in [0.2, 0.25) is 0 Å². The summed E-state index contributed by atoms with van der Waals surface area (Å²) >= 11 is 1.31. The zero-order chi connectivity index (χ0) is 15.9. The molecule has 0 radical (unpaired) electrons. The van der Waals surface area contributed by atoms with Gasteiger partial charge >= 0.3 is 0 Å². The Morgan fingerprint density at radius 1 is 1.23 bits per heavy atom. The molecule has 0 aliphatic rings. The molecule has 0 atom stereocenters. The first kappa shape index (κ1) is 15.5. The minimum absolute atomic E-state index is 0.0599. The van der Waals surface area contributed by atoms with Crippen molar-refractivity contribution < 1.29 is 14.7 Å². The molecule has 0 fully saturated rings. The Labute approximate surface area is 130 Å². The largest absolute Gasteiger partial charge is 0.530 e. The molecule has 0 bridgehead atoms. The quantitative estimate of drug-likeness (QED) is 0.772. The van der Waals surface area contributed by atoms with Gasteiger partial charge < -0.3 is 20.5 Å². The van der Waals surface area contributed by atoms with E-state index in [0.29, 0.717) is 10.4 Å². The van der Waals surface area contributed by atoms with Crippen molar-refractivity contribution in [3.8, 4) is 16.5 Å². The Morgan fingerprint density at radius 2 is 1.91 bits per heavy atom. The third kappa shape index (κ3) is 3.80. The van der Waals surface area contributed by atoms with Crippen molar-refractivity contribution in [2.45, 2.75) is 0 Å². The Balaban J connectivity index is 2.06. The molecule has 7 nitrogen and oxygen atoms in total. The van der Waals surface area contributed by atoms with Gasteiger partial charge in [0.15, 0.2) is 0 Å². The van der Waals surface area contributed by atoms with Crippen LogP contribution in [-0.2, 0) is 0 Å². The Hall–Kier alpha value is -2.92. The summed E-state index contributed by atoms with van der Waals surface area (Å²) in [5, 5.41) is 23.6. The fourth-order valence-electron chi connectivity index (χ4n) is 1.73. The van der Waals surface area contributed by atoms with Gasteiger partial charge in [0.1, 0.15) is 11.8 Å². The highest BCUT2D eigenvalue weighted by Gasteiger charge is 2.15. The number of nitriles is 1. The molecule has 0 unspecified atom stereocenters. The Morgan fingerprint density at radius 3 is 2.55 bits per heavy atom. The summed E-state index contributed by atoms with van der Waals surface area (Å²) < 4.78 is 0. The molecule has 8 heteroatoms.